The zero-order valence-electron chi connectivity index (χ0n) is 14.0. The summed E-state index contributed by atoms with van der Waals surface area (Å²) < 4.78 is 17.7. The summed E-state index contributed by atoms with van der Waals surface area (Å²) in [6.07, 6.45) is 5.38. The monoisotopic (exact) mass is 377 g/mol. The van der Waals surface area contributed by atoms with Gasteiger partial charge in [-0.1, -0.05) is 29.8 Å². The normalized spacial score (nSPS) is 11.5. The summed E-state index contributed by atoms with van der Waals surface area (Å²) in [5, 5.41) is 6.18. The van der Waals surface area contributed by atoms with Crippen molar-refractivity contribution >= 4 is 28.3 Å². The van der Waals surface area contributed by atoms with Crippen molar-refractivity contribution < 1.29 is 4.39 Å². The van der Waals surface area contributed by atoms with Crippen molar-refractivity contribution in [3.8, 4) is 11.4 Å². The molecule has 0 fully saturated rings. The maximum Gasteiger partial charge on any atom is 0.158 e. The molecule has 0 spiro atoms. The third kappa shape index (κ3) is 2.74. The molecule has 5 aromatic rings. The summed E-state index contributed by atoms with van der Waals surface area (Å²) >= 11 is 6.06. The Hall–Kier alpha value is -3.25. The highest BCUT2D eigenvalue weighted by molar-refractivity contribution is 6.30. The highest BCUT2D eigenvalue weighted by Crippen LogP contribution is 2.27. The van der Waals surface area contributed by atoms with E-state index < -0.39 is 0 Å². The van der Waals surface area contributed by atoms with Crippen LogP contribution in [0.5, 0.6) is 0 Å². The van der Waals surface area contributed by atoms with Gasteiger partial charge in [-0.05, 0) is 30.3 Å². The minimum Gasteiger partial charge on any atom is -0.305 e. The van der Waals surface area contributed by atoms with Crippen molar-refractivity contribution in [1.82, 2.24) is 24.1 Å². The number of halogens is 2. The van der Waals surface area contributed by atoms with Gasteiger partial charge in [-0.2, -0.15) is 5.10 Å². The van der Waals surface area contributed by atoms with Crippen molar-refractivity contribution in [2.45, 2.75) is 6.54 Å². The van der Waals surface area contributed by atoms with Crippen LogP contribution in [0, 0.1) is 5.82 Å². The van der Waals surface area contributed by atoms with E-state index in [0.717, 1.165) is 11.0 Å². The smallest absolute Gasteiger partial charge is 0.158 e. The second kappa shape index (κ2) is 6.17. The lowest BCUT2D eigenvalue weighted by Crippen LogP contribution is -2.04. The fourth-order valence-corrected chi connectivity index (χ4v) is 3.34. The Morgan fingerprint density at radius 1 is 1.00 bits per heavy atom. The molecule has 0 aliphatic heterocycles. The van der Waals surface area contributed by atoms with Crippen molar-refractivity contribution in [1.29, 1.82) is 0 Å². The van der Waals surface area contributed by atoms with Crippen molar-refractivity contribution in [3.63, 3.8) is 0 Å². The highest BCUT2D eigenvalue weighted by atomic mass is 35.5. The second-order valence-electron chi connectivity index (χ2n) is 6.21. The van der Waals surface area contributed by atoms with Gasteiger partial charge in [0.05, 0.1) is 11.6 Å². The summed E-state index contributed by atoms with van der Waals surface area (Å²) in [7, 11) is 0. The van der Waals surface area contributed by atoms with Gasteiger partial charge in [-0.15, -0.1) is 0 Å². The van der Waals surface area contributed by atoms with Gasteiger partial charge in [-0.25, -0.2) is 19.0 Å². The minimum absolute atomic E-state index is 0.263. The number of hydrogen-bond acceptors (Lipinski definition) is 3. The van der Waals surface area contributed by atoms with Crippen LogP contribution in [0.2, 0.25) is 5.02 Å². The zero-order valence-corrected chi connectivity index (χ0v) is 14.8. The van der Waals surface area contributed by atoms with Gasteiger partial charge in [0, 0.05) is 29.5 Å². The summed E-state index contributed by atoms with van der Waals surface area (Å²) in [4.78, 5) is 9.08. The first-order valence-electron chi connectivity index (χ1n) is 8.38. The third-order valence-electron chi connectivity index (χ3n) is 4.44. The van der Waals surface area contributed by atoms with E-state index in [1.165, 1.54) is 6.07 Å². The molecule has 7 heteroatoms. The van der Waals surface area contributed by atoms with E-state index in [4.69, 9.17) is 16.7 Å². The van der Waals surface area contributed by atoms with Crippen molar-refractivity contribution in [2.75, 3.05) is 0 Å². The Bertz CT molecular complexity index is 1290. The van der Waals surface area contributed by atoms with Crippen LogP contribution in [-0.4, -0.2) is 24.1 Å². The Labute approximate surface area is 158 Å². The summed E-state index contributed by atoms with van der Waals surface area (Å²) in [5.74, 6) is -0.263. The molecule has 4 heterocycles. The van der Waals surface area contributed by atoms with Crippen molar-refractivity contribution in [2.24, 2.45) is 0 Å². The molecule has 0 aliphatic rings. The lowest BCUT2D eigenvalue weighted by Gasteiger charge is -2.04. The second-order valence-corrected chi connectivity index (χ2v) is 6.65. The lowest BCUT2D eigenvalue weighted by atomic mass is 10.2. The predicted octanol–water partition coefficient (Wildman–Crippen LogP) is 4.59. The number of fused-ring (bicyclic) bond motifs is 2. The maximum atomic E-state index is 14.1. The van der Waals surface area contributed by atoms with Crippen molar-refractivity contribution in [3.05, 3.63) is 83.5 Å². The van der Waals surface area contributed by atoms with Gasteiger partial charge in [0.15, 0.2) is 5.65 Å². The van der Waals surface area contributed by atoms with Gasteiger partial charge in [-0.3, -0.25) is 0 Å². The molecule has 0 N–H and O–H groups in total. The quantitative estimate of drug-likeness (QED) is 0.462. The lowest BCUT2D eigenvalue weighted by molar-refractivity contribution is 0.589. The maximum absolute atomic E-state index is 14.1. The van der Waals surface area contributed by atoms with E-state index in [2.05, 4.69) is 9.97 Å². The Kier molecular flexibility index (Phi) is 3.65. The molecular weight excluding hydrogens is 365 g/mol. The van der Waals surface area contributed by atoms with Crippen LogP contribution < -0.4 is 0 Å². The summed E-state index contributed by atoms with van der Waals surface area (Å²) in [6.45, 7) is 0.291. The number of hydrogen-bond donors (Lipinski definition) is 0. The van der Waals surface area contributed by atoms with E-state index in [0.29, 0.717) is 34.2 Å². The van der Waals surface area contributed by atoms with Crippen LogP contribution in [0.3, 0.4) is 0 Å². The fraction of sp³-hybridized carbons (Fsp3) is 0.0500. The number of rotatable bonds is 3. The van der Waals surface area contributed by atoms with Crippen LogP contribution in [-0.2, 0) is 6.54 Å². The van der Waals surface area contributed by atoms with Crippen LogP contribution in [0.4, 0.5) is 4.39 Å². The Balaban J connectivity index is 1.67. The number of nitrogens with zero attached hydrogens (tertiary/aromatic N) is 5. The topological polar surface area (TPSA) is 48.0 Å². The van der Waals surface area contributed by atoms with E-state index >= 15 is 0 Å². The molecular formula is C20H13ClFN5. The standard InChI is InChI=1S/C20H13ClFN5/c21-14-7-8-18-24-17(12-26(18)11-14)19-15-5-3-9-23-20(15)27(25-19)10-13-4-1-2-6-16(13)22/h1-9,11-12H,10H2. The summed E-state index contributed by atoms with van der Waals surface area (Å²) in [6, 6.07) is 14.1. The molecule has 4 aromatic heterocycles. The number of imidazole rings is 1. The molecule has 132 valence electrons. The van der Waals surface area contributed by atoms with Crippen LogP contribution in [0.15, 0.2) is 67.1 Å². The first kappa shape index (κ1) is 16.0. The Morgan fingerprint density at radius 2 is 1.89 bits per heavy atom. The van der Waals surface area contributed by atoms with Crippen LogP contribution >= 0.6 is 11.6 Å². The van der Waals surface area contributed by atoms with Gasteiger partial charge in [0.25, 0.3) is 0 Å². The zero-order chi connectivity index (χ0) is 18.4. The number of benzene rings is 1. The van der Waals surface area contributed by atoms with Gasteiger partial charge in [0.2, 0.25) is 0 Å². The number of aromatic nitrogens is 5. The predicted molar refractivity (Wildman–Crippen MR) is 102 cm³/mol. The molecule has 1 aromatic carbocycles. The molecule has 0 saturated carbocycles. The van der Waals surface area contributed by atoms with Crippen LogP contribution in [0.1, 0.15) is 5.56 Å². The third-order valence-corrected chi connectivity index (χ3v) is 4.67. The molecule has 0 radical (unpaired) electrons. The molecule has 27 heavy (non-hydrogen) atoms. The molecule has 0 saturated heterocycles. The van der Waals surface area contributed by atoms with Gasteiger partial charge in [0.1, 0.15) is 22.9 Å². The van der Waals surface area contributed by atoms with E-state index in [9.17, 15) is 4.39 Å². The van der Waals surface area contributed by atoms with E-state index in [-0.39, 0.29) is 5.82 Å². The molecule has 0 unspecified atom stereocenters. The largest absolute Gasteiger partial charge is 0.305 e. The first-order valence-corrected chi connectivity index (χ1v) is 8.76. The molecule has 5 rings (SSSR count). The molecule has 5 nitrogen and oxygen atoms in total. The summed E-state index contributed by atoms with van der Waals surface area (Å²) in [5.41, 5.74) is 3.43. The van der Waals surface area contributed by atoms with E-state index in [1.807, 2.05) is 34.9 Å². The highest BCUT2D eigenvalue weighted by Gasteiger charge is 2.17. The Morgan fingerprint density at radius 3 is 2.78 bits per heavy atom. The first-order chi connectivity index (χ1) is 13.2. The average molecular weight is 378 g/mol. The van der Waals surface area contributed by atoms with Gasteiger partial charge < -0.3 is 4.40 Å². The average Bonchev–Trinajstić information content (AvgIpc) is 3.25. The minimum atomic E-state index is -0.263. The SMILES string of the molecule is Fc1ccccc1Cn1nc(-c2cn3cc(Cl)ccc3n2)c2cccnc21. The molecule has 0 amide bonds. The van der Waals surface area contributed by atoms with Gasteiger partial charge >= 0.3 is 0 Å². The number of pyridine rings is 2. The molecule has 0 atom stereocenters. The fourth-order valence-electron chi connectivity index (χ4n) is 3.18. The van der Waals surface area contributed by atoms with E-state index in [1.54, 1.807) is 35.3 Å². The molecule has 0 aliphatic carbocycles. The molecule has 0 bridgehead atoms. The van der Waals surface area contributed by atoms with Crippen LogP contribution in [0.25, 0.3) is 28.1 Å².